The SMILES string of the molecule is OC(CNc1ccnc2cc(Br)cnc12)c1ccccc1. The van der Waals surface area contributed by atoms with Crippen LogP contribution in [0.3, 0.4) is 0 Å². The molecule has 0 saturated heterocycles. The molecule has 0 aliphatic heterocycles. The molecule has 2 heterocycles. The number of benzene rings is 1. The Morgan fingerprint density at radius 3 is 2.76 bits per heavy atom. The Labute approximate surface area is 131 Å². The minimum absolute atomic E-state index is 0.418. The van der Waals surface area contributed by atoms with Crippen molar-refractivity contribution < 1.29 is 5.11 Å². The highest BCUT2D eigenvalue weighted by molar-refractivity contribution is 9.10. The van der Waals surface area contributed by atoms with Gasteiger partial charge in [-0.1, -0.05) is 30.3 Å². The van der Waals surface area contributed by atoms with Crippen LogP contribution in [0.15, 0.2) is 59.3 Å². The molecule has 0 aliphatic rings. The van der Waals surface area contributed by atoms with E-state index >= 15 is 0 Å². The highest BCUT2D eigenvalue weighted by Crippen LogP contribution is 2.23. The van der Waals surface area contributed by atoms with Crippen molar-refractivity contribution >= 4 is 32.7 Å². The quantitative estimate of drug-likeness (QED) is 0.760. The lowest BCUT2D eigenvalue weighted by Gasteiger charge is -2.14. The average molecular weight is 344 g/mol. The molecule has 1 atom stereocenters. The number of aromatic nitrogens is 2. The molecular weight excluding hydrogens is 330 g/mol. The monoisotopic (exact) mass is 343 g/mol. The minimum atomic E-state index is -0.565. The van der Waals surface area contributed by atoms with Gasteiger partial charge in [-0.15, -0.1) is 0 Å². The summed E-state index contributed by atoms with van der Waals surface area (Å²) >= 11 is 3.39. The van der Waals surface area contributed by atoms with Crippen molar-refractivity contribution in [2.75, 3.05) is 11.9 Å². The molecule has 21 heavy (non-hydrogen) atoms. The Bertz CT molecular complexity index is 749. The maximum absolute atomic E-state index is 10.2. The van der Waals surface area contributed by atoms with Gasteiger partial charge in [0.2, 0.25) is 0 Å². The van der Waals surface area contributed by atoms with Crippen molar-refractivity contribution in [2.45, 2.75) is 6.10 Å². The van der Waals surface area contributed by atoms with E-state index in [0.717, 1.165) is 26.8 Å². The third kappa shape index (κ3) is 3.20. The topological polar surface area (TPSA) is 58.0 Å². The second-order valence-corrected chi connectivity index (χ2v) is 5.60. The van der Waals surface area contributed by atoms with Crippen LogP contribution in [-0.2, 0) is 0 Å². The van der Waals surface area contributed by atoms with E-state index in [1.165, 1.54) is 0 Å². The summed E-state index contributed by atoms with van der Waals surface area (Å²) in [4.78, 5) is 8.67. The van der Waals surface area contributed by atoms with Gasteiger partial charge in [-0.25, -0.2) is 0 Å². The van der Waals surface area contributed by atoms with E-state index in [4.69, 9.17) is 0 Å². The molecule has 0 spiro atoms. The molecule has 1 aromatic carbocycles. The zero-order chi connectivity index (χ0) is 14.7. The number of hydrogen-bond donors (Lipinski definition) is 2. The van der Waals surface area contributed by atoms with Crippen LogP contribution in [-0.4, -0.2) is 21.6 Å². The summed E-state index contributed by atoms with van der Waals surface area (Å²) in [5, 5.41) is 13.4. The highest BCUT2D eigenvalue weighted by atomic mass is 79.9. The normalized spacial score (nSPS) is 12.3. The van der Waals surface area contributed by atoms with Crippen molar-refractivity contribution in [3.63, 3.8) is 0 Å². The molecule has 5 heteroatoms. The molecule has 106 valence electrons. The van der Waals surface area contributed by atoms with Crippen LogP contribution in [0.2, 0.25) is 0 Å². The van der Waals surface area contributed by atoms with Gasteiger partial charge >= 0.3 is 0 Å². The molecule has 0 aliphatic carbocycles. The molecule has 0 amide bonds. The van der Waals surface area contributed by atoms with Gasteiger partial charge in [0, 0.05) is 23.4 Å². The molecule has 2 aromatic heterocycles. The third-order valence-corrected chi connectivity index (χ3v) is 3.65. The number of anilines is 1. The molecule has 3 aromatic rings. The molecule has 1 unspecified atom stereocenters. The molecule has 0 bridgehead atoms. The number of halogens is 1. The van der Waals surface area contributed by atoms with Gasteiger partial charge in [-0.3, -0.25) is 9.97 Å². The summed E-state index contributed by atoms with van der Waals surface area (Å²) in [6, 6.07) is 13.4. The van der Waals surface area contributed by atoms with Crippen LogP contribution in [0.4, 0.5) is 5.69 Å². The standard InChI is InChI=1S/C16H14BrN3O/c17-12-8-14-16(20-9-12)13(6-7-18-14)19-10-15(21)11-4-2-1-3-5-11/h1-9,15,21H,10H2,(H,18,19). The summed E-state index contributed by atoms with van der Waals surface area (Å²) in [5.74, 6) is 0. The van der Waals surface area contributed by atoms with Gasteiger partial charge < -0.3 is 10.4 Å². The zero-order valence-electron chi connectivity index (χ0n) is 11.2. The first kappa shape index (κ1) is 14.0. The van der Waals surface area contributed by atoms with E-state index in [2.05, 4.69) is 31.2 Å². The van der Waals surface area contributed by atoms with Gasteiger partial charge in [0.05, 0.1) is 17.3 Å². The highest BCUT2D eigenvalue weighted by Gasteiger charge is 2.09. The van der Waals surface area contributed by atoms with Crippen molar-refractivity contribution in [3.05, 3.63) is 64.9 Å². The van der Waals surface area contributed by atoms with Gasteiger partial charge in [-0.05, 0) is 33.6 Å². The number of nitrogens with zero attached hydrogens (tertiary/aromatic N) is 2. The average Bonchev–Trinajstić information content (AvgIpc) is 2.53. The van der Waals surface area contributed by atoms with E-state index in [-0.39, 0.29) is 0 Å². The number of aliphatic hydroxyl groups is 1. The molecule has 0 saturated carbocycles. The summed E-state index contributed by atoms with van der Waals surface area (Å²) in [6.45, 7) is 0.418. The largest absolute Gasteiger partial charge is 0.387 e. The lowest BCUT2D eigenvalue weighted by Crippen LogP contribution is -2.12. The fourth-order valence-electron chi connectivity index (χ4n) is 2.15. The molecule has 2 N–H and O–H groups in total. The summed E-state index contributed by atoms with van der Waals surface area (Å²) in [7, 11) is 0. The predicted octanol–water partition coefficient (Wildman–Crippen LogP) is 3.54. The van der Waals surface area contributed by atoms with Crippen molar-refractivity contribution in [3.8, 4) is 0 Å². The van der Waals surface area contributed by atoms with E-state index in [1.54, 1.807) is 12.4 Å². The van der Waals surface area contributed by atoms with Crippen molar-refractivity contribution in [2.24, 2.45) is 0 Å². The number of hydrogen-bond acceptors (Lipinski definition) is 4. The van der Waals surface area contributed by atoms with Crippen LogP contribution in [0.25, 0.3) is 11.0 Å². The first-order chi connectivity index (χ1) is 10.2. The second-order valence-electron chi connectivity index (χ2n) is 4.69. The van der Waals surface area contributed by atoms with E-state index < -0.39 is 6.10 Å². The second kappa shape index (κ2) is 6.20. The van der Waals surface area contributed by atoms with Crippen LogP contribution in [0, 0.1) is 0 Å². The first-order valence-electron chi connectivity index (χ1n) is 6.61. The number of rotatable bonds is 4. The predicted molar refractivity (Wildman–Crippen MR) is 87.1 cm³/mol. The number of nitrogens with one attached hydrogen (secondary N) is 1. The fraction of sp³-hybridized carbons (Fsp3) is 0.125. The van der Waals surface area contributed by atoms with Crippen LogP contribution >= 0.6 is 15.9 Å². The van der Waals surface area contributed by atoms with E-state index in [0.29, 0.717) is 6.54 Å². The first-order valence-corrected chi connectivity index (χ1v) is 7.40. The van der Waals surface area contributed by atoms with Crippen molar-refractivity contribution in [1.29, 1.82) is 0 Å². The minimum Gasteiger partial charge on any atom is -0.387 e. The maximum atomic E-state index is 10.2. The van der Waals surface area contributed by atoms with Gasteiger partial charge in [0.15, 0.2) is 0 Å². The van der Waals surface area contributed by atoms with Crippen molar-refractivity contribution in [1.82, 2.24) is 9.97 Å². The number of fused-ring (bicyclic) bond motifs is 1. The van der Waals surface area contributed by atoms with Crippen LogP contribution in [0.5, 0.6) is 0 Å². The lowest BCUT2D eigenvalue weighted by atomic mass is 10.1. The summed E-state index contributed by atoms with van der Waals surface area (Å²) in [5.41, 5.74) is 3.35. The smallest absolute Gasteiger partial charge is 0.112 e. The Morgan fingerprint density at radius 1 is 1.14 bits per heavy atom. The molecule has 0 fully saturated rings. The Morgan fingerprint density at radius 2 is 1.95 bits per heavy atom. The third-order valence-electron chi connectivity index (χ3n) is 3.21. The Balaban J connectivity index is 1.79. The summed E-state index contributed by atoms with van der Waals surface area (Å²) in [6.07, 6.45) is 2.90. The van der Waals surface area contributed by atoms with Crippen LogP contribution in [0.1, 0.15) is 11.7 Å². The lowest BCUT2D eigenvalue weighted by molar-refractivity contribution is 0.191. The number of aliphatic hydroxyl groups excluding tert-OH is 1. The summed E-state index contributed by atoms with van der Waals surface area (Å²) < 4.78 is 0.893. The van der Waals surface area contributed by atoms with Gasteiger partial charge in [-0.2, -0.15) is 0 Å². The molecular formula is C16H14BrN3O. The van der Waals surface area contributed by atoms with E-state index in [9.17, 15) is 5.11 Å². The van der Waals surface area contributed by atoms with E-state index in [1.807, 2.05) is 42.5 Å². The maximum Gasteiger partial charge on any atom is 0.112 e. The Hall–Kier alpha value is -1.98. The molecule has 4 nitrogen and oxygen atoms in total. The fourth-order valence-corrected chi connectivity index (χ4v) is 2.47. The van der Waals surface area contributed by atoms with Gasteiger partial charge in [0.25, 0.3) is 0 Å². The van der Waals surface area contributed by atoms with Gasteiger partial charge in [0.1, 0.15) is 5.52 Å². The molecule has 3 rings (SSSR count). The Kier molecular flexibility index (Phi) is 4.13. The molecule has 0 radical (unpaired) electrons. The zero-order valence-corrected chi connectivity index (χ0v) is 12.8. The number of pyridine rings is 2. The van der Waals surface area contributed by atoms with Crippen LogP contribution < -0.4 is 5.32 Å².